The van der Waals surface area contributed by atoms with E-state index in [-0.39, 0.29) is 27.1 Å². The summed E-state index contributed by atoms with van der Waals surface area (Å²) < 4.78 is 28.6. The fourth-order valence-corrected chi connectivity index (χ4v) is 5.07. The van der Waals surface area contributed by atoms with Crippen LogP contribution in [0.1, 0.15) is 5.56 Å². The van der Waals surface area contributed by atoms with E-state index < -0.39 is 21.3 Å². The highest BCUT2D eigenvalue weighted by molar-refractivity contribution is 9.10. The summed E-state index contributed by atoms with van der Waals surface area (Å²) in [7, 11) is -4.08. The van der Waals surface area contributed by atoms with Gasteiger partial charge in [0, 0.05) is 15.2 Å². The Morgan fingerprint density at radius 2 is 1.41 bits per heavy atom. The molecule has 0 aliphatic carbocycles. The van der Waals surface area contributed by atoms with Gasteiger partial charge in [0.2, 0.25) is 15.7 Å². The van der Waals surface area contributed by atoms with Crippen molar-refractivity contribution >= 4 is 36.5 Å². The molecule has 0 unspecified atom stereocenters. The molecule has 0 fully saturated rings. The second kappa shape index (κ2) is 7.50. The van der Waals surface area contributed by atoms with Crippen molar-refractivity contribution in [2.45, 2.75) is 16.3 Å². The average Bonchev–Trinajstić information content (AvgIpc) is 2.72. The van der Waals surface area contributed by atoms with Gasteiger partial charge in [-0.25, -0.2) is 8.42 Å². The maximum absolute atomic E-state index is 13.4. The molecule has 1 aromatic heterocycles. The smallest absolute Gasteiger partial charge is 0.261 e. The molecule has 0 aliphatic heterocycles. The monoisotopic (exact) mass is 469 g/mol. The van der Waals surface area contributed by atoms with Crippen LogP contribution in [0.3, 0.4) is 0 Å². The molecule has 0 bridgehead atoms. The maximum Gasteiger partial charge on any atom is 0.261 e. The summed E-state index contributed by atoms with van der Waals surface area (Å²) in [6.07, 6.45) is 0. The van der Waals surface area contributed by atoms with E-state index in [0.717, 1.165) is 14.6 Å². The van der Waals surface area contributed by atoms with E-state index in [4.69, 9.17) is 0 Å². The highest BCUT2D eigenvalue weighted by Crippen LogP contribution is 2.34. The Balaban J connectivity index is 2.03. The normalized spacial score (nSPS) is 11.6. The first kappa shape index (κ1) is 19.4. The van der Waals surface area contributed by atoms with Gasteiger partial charge >= 0.3 is 0 Å². The number of nitrogens with zero attached hydrogens (tertiary/aromatic N) is 1. The van der Waals surface area contributed by atoms with Crippen molar-refractivity contribution in [1.29, 1.82) is 0 Å². The zero-order valence-electron chi connectivity index (χ0n) is 15.1. The summed E-state index contributed by atoms with van der Waals surface area (Å²) in [6.45, 7) is 0.0548. The molecular formula is C22H16BrNO4S. The Kier molecular flexibility index (Phi) is 5.02. The first-order valence-corrected chi connectivity index (χ1v) is 11.1. The zero-order chi connectivity index (χ0) is 20.6. The van der Waals surface area contributed by atoms with E-state index in [0.29, 0.717) is 0 Å². The number of pyridine rings is 1. The third-order valence-corrected chi connectivity index (χ3v) is 7.04. The van der Waals surface area contributed by atoms with Gasteiger partial charge in [-0.15, -0.1) is 0 Å². The molecule has 0 radical (unpaired) electrons. The SMILES string of the molecule is O=c1c2ccccc2c(S(=O)(=O)c2ccc(Br)cc2)c(O)n1Cc1ccccc1. The Morgan fingerprint density at radius 1 is 0.828 bits per heavy atom. The van der Waals surface area contributed by atoms with Crippen molar-refractivity contribution in [2.75, 3.05) is 0 Å². The number of fused-ring (bicyclic) bond motifs is 1. The standard InChI is InChI=1S/C22H16BrNO4S/c23-16-10-12-17(13-11-16)29(27,28)20-18-8-4-5-9-19(18)21(25)24(22(20)26)14-15-6-2-1-3-7-15/h1-13,26H,14H2. The van der Waals surface area contributed by atoms with Crippen molar-refractivity contribution in [3.05, 3.63) is 99.3 Å². The second-order valence-corrected chi connectivity index (χ2v) is 9.33. The van der Waals surface area contributed by atoms with Crippen LogP contribution in [0.2, 0.25) is 0 Å². The third kappa shape index (κ3) is 3.47. The fraction of sp³-hybridized carbons (Fsp3) is 0.0455. The maximum atomic E-state index is 13.4. The van der Waals surface area contributed by atoms with Gasteiger partial charge in [-0.05, 0) is 35.9 Å². The minimum Gasteiger partial charge on any atom is -0.493 e. The minimum atomic E-state index is -4.08. The summed E-state index contributed by atoms with van der Waals surface area (Å²) in [5, 5.41) is 11.4. The van der Waals surface area contributed by atoms with Crippen molar-refractivity contribution < 1.29 is 13.5 Å². The van der Waals surface area contributed by atoms with Gasteiger partial charge in [0.1, 0.15) is 4.90 Å². The van der Waals surface area contributed by atoms with Gasteiger partial charge in [0.25, 0.3) is 5.56 Å². The first-order chi connectivity index (χ1) is 13.9. The van der Waals surface area contributed by atoms with Gasteiger partial charge < -0.3 is 5.11 Å². The molecular weight excluding hydrogens is 454 g/mol. The quantitative estimate of drug-likeness (QED) is 0.481. The highest BCUT2D eigenvalue weighted by Gasteiger charge is 2.28. The second-order valence-electron chi connectivity index (χ2n) is 6.53. The van der Waals surface area contributed by atoms with Crippen LogP contribution in [0.4, 0.5) is 0 Å². The van der Waals surface area contributed by atoms with Crippen molar-refractivity contribution in [1.82, 2.24) is 4.57 Å². The lowest BCUT2D eigenvalue weighted by Gasteiger charge is -2.16. The number of aromatic hydroxyl groups is 1. The van der Waals surface area contributed by atoms with Crippen LogP contribution in [-0.2, 0) is 16.4 Å². The van der Waals surface area contributed by atoms with E-state index in [2.05, 4.69) is 15.9 Å². The Bertz CT molecular complexity index is 1360. The Morgan fingerprint density at radius 3 is 2.07 bits per heavy atom. The Labute approximate surface area is 175 Å². The van der Waals surface area contributed by atoms with E-state index in [1.807, 2.05) is 30.3 Å². The molecule has 4 rings (SSSR count). The number of hydrogen-bond acceptors (Lipinski definition) is 4. The van der Waals surface area contributed by atoms with Crippen LogP contribution in [-0.4, -0.2) is 18.1 Å². The van der Waals surface area contributed by atoms with Crippen molar-refractivity contribution in [3.8, 4) is 5.88 Å². The molecule has 0 amide bonds. The number of rotatable bonds is 4. The average molecular weight is 470 g/mol. The minimum absolute atomic E-state index is 0.0334. The van der Waals surface area contributed by atoms with Crippen LogP contribution < -0.4 is 5.56 Å². The summed E-state index contributed by atoms with van der Waals surface area (Å²) in [4.78, 5) is 12.8. The predicted molar refractivity (Wildman–Crippen MR) is 115 cm³/mol. The molecule has 7 heteroatoms. The van der Waals surface area contributed by atoms with Gasteiger partial charge in [0.05, 0.1) is 11.4 Å². The van der Waals surface area contributed by atoms with E-state index in [1.165, 1.54) is 18.2 Å². The number of aromatic nitrogens is 1. The number of halogens is 1. The molecule has 4 aromatic rings. The molecule has 0 aliphatic rings. The molecule has 1 heterocycles. The number of hydrogen-bond donors (Lipinski definition) is 1. The summed E-state index contributed by atoms with van der Waals surface area (Å²) in [5.74, 6) is -0.569. The molecule has 146 valence electrons. The van der Waals surface area contributed by atoms with Gasteiger partial charge in [-0.1, -0.05) is 64.5 Å². The van der Waals surface area contributed by atoms with E-state index in [9.17, 15) is 18.3 Å². The lowest BCUT2D eigenvalue weighted by Crippen LogP contribution is -2.23. The molecule has 1 N–H and O–H groups in total. The molecule has 0 saturated carbocycles. The highest BCUT2D eigenvalue weighted by atomic mass is 79.9. The third-order valence-electron chi connectivity index (χ3n) is 4.68. The van der Waals surface area contributed by atoms with Crippen LogP contribution in [0.25, 0.3) is 10.8 Å². The zero-order valence-corrected chi connectivity index (χ0v) is 17.5. The first-order valence-electron chi connectivity index (χ1n) is 8.78. The van der Waals surface area contributed by atoms with Crippen LogP contribution in [0.15, 0.2) is 97.9 Å². The van der Waals surface area contributed by atoms with Gasteiger partial charge in [-0.3, -0.25) is 9.36 Å². The van der Waals surface area contributed by atoms with Crippen LogP contribution in [0.5, 0.6) is 5.88 Å². The molecule has 29 heavy (non-hydrogen) atoms. The molecule has 0 atom stereocenters. The van der Waals surface area contributed by atoms with Gasteiger partial charge in [0.15, 0.2) is 0 Å². The van der Waals surface area contributed by atoms with Gasteiger partial charge in [-0.2, -0.15) is 0 Å². The predicted octanol–water partition coefficient (Wildman–Crippen LogP) is 4.35. The summed E-state index contributed by atoms with van der Waals surface area (Å²) in [6, 6.07) is 21.7. The summed E-state index contributed by atoms with van der Waals surface area (Å²) in [5.41, 5.74) is 0.323. The van der Waals surface area contributed by atoms with Crippen LogP contribution >= 0.6 is 15.9 Å². The fourth-order valence-electron chi connectivity index (χ4n) is 3.26. The number of benzene rings is 3. The lowest BCUT2D eigenvalue weighted by atomic mass is 10.1. The topological polar surface area (TPSA) is 76.4 Å². The molecule has 0 spiro atoms. The van der Waals surface area contributed by atoms with Crippen molar-refractivity contribution in [2.24, 2.45) is 0 Å². The lowest BCUT2D eigenvalue weighted by molar-refractivity contribution is 0.401. The van der Waals surface area contributed by atoms with E-state index in [1.54, 1.807) is 30.3 Å². The van der Waals surface area contributed by atoms with Crippen molar-refractivity contribution in [3.63, 3.8) is 0 Å². The largest absolute Gasteiger partial charge is 0.493 e. The number of sulfone groups is 1. The summed E-state index contributed by atoms with van der Waals surface area (Å²) >= 11 is 3.29. The van der Waals surface area contributed by atoms with E-state index >= 15 is 0 Å². The van der Waals surface area contributed by atoms with Crippen LogP contribution in [0, 0.1) is 0 Å². The Hall–Kier alpha value is -2.90. The molecule has 3 aromatic carbocycles. The molecule has 0 saturated heterocycles. The molecule has 5 nitrogen and oxygen atoms in total.